The van der Waals surface area contributed by atoms with Gasteiger partial charge in [0.25, 0.3) is 5.91 Å². The number of carbonyl (C=O) groups excluding carboxylic acids is 1. The number of hydrogen-bond acceptors (Lipinski definition) is 3. The number of unbranched alkanes of at least 4 members (excludes halogenated alkanes) is 1. The van der Waals surface area contributed by atoms with Gasteiger partial charge in [-0.1, -0.05) is 22.6 Å². The van der Waals surface area contributed by atoms with E-state index in [1.54, 1.807) is 0 Å². The molecule has 0 atom stereocenters. The zero-order chi connectivity index (χ0) is 9.52. The summed E-state index contributed by atoms with van der Waals surface area (Å²) in [5.74, 6) is -0.165. The molecule has 1 rings (SSSR count). The second kappa shape index (κ2) is 5.90. The van der Waals surface area contributed by atoms with Gasteiger partial charge in [0.15, 0.2) is 5.69 Å². The molecule has 0 spiro atoms. The lowest BCUT2D eigenvalue weighted by atomic mass is 10.3. The standard InChI is InChI=1S/C7H11IN4O/c8-3-1-2-4-9-7(13)6-5-10-12-11-6/h5H,1-4H2,(H,9,13)(H,10,11,12). The van der Waals surface area contributed by atoms with Gasteiger partial charge in [-0.3, -0.25) is 4.79 Å². The third-order valence-electron chi connectivity index (χ3n) is 1.49. The number of alkyl halides is 1. The molecule has 0 aliphatic heterocycles. The van der Waals surface area contributed by atoms with Gasteiger partial charge in [-0.25, -0.2) is 0 Å². The fraction of sp³-hybridized carbons (Fsp3) is 0.571. The van der Waals surface area contributed by atoms with Crippen molar-refractivity contribution >= 4 is 28.5 Å². The first-order chi connectivity index (χ1) is 6.34. The molecule has 0 saturated carbocycles. The fourth-order valence-corrected chi connectivity index (χ4v) is 1.36. The summed E-state index contributed by atoms with van der Waals surface area (Å²) < 4.78 is 1.12. The molecule has 0 saturated heterocycles. The first-order valence-electron chi connectivity index (χ1n) is 4.04. The van der Waals surface area contributed by atoms with Gasteiger partial charge in [-0.15, -0.1) is 0 Å². The Bertz CT molecular complexity index is 249. The lowest BCUT2D eigenvalue weighted by Crippen LogP contribution is -2.24. The maximum absolute atomic E-state index is 11.2. The van der Waals surface area contributed by atoms with E-state index in [1.807, 2.05) is 0 Å². The van der Waals surface area contributed by atoms with Crippen LogP contribution in [0.5, 0.6) is 0 Å². The molecule has 0 aliphatic carbocycles. The van der Waals surface area contributed by atoms with E-state index in [1.165, 1.54) is 6.20 Å². The Morgan fingerprint density at radius 3 is 3.08 bits per heavy atom. The molecule has 0 aromatic carbocycles. The van der Waals surface area contributed by atoms with Crippen molar-refractivity contribution in [2.45, 2.75) is 12.8 Å². The van der Waals surface area contributed by atoms with Gasteiger partial charge < -0.3 is 5.32 Å². The average Bonchev–Trinajstić information content (AvgIpc) is 2.65. The lowest BCUT2D eigenvalue weighted by Gasteiger charge is -2.00. The Hall–Kier alpha value is -0.660. The van der Waals surface area contributed by atoms with Gasteiger partial charge >= 0.3 is 0 Å². The minimum Gasteiger partial charge on any atom is -0.351 e. The van der Waals surface area contributed by atoms with Crippen molar-refractivity contribution in [3.8, 4) is 0 Å². The number of nitrogens with zero attached hydrogens (tertiary/aromatic N) is 2. The van der Waals surface area contributed by atoms with Gasteiger partial charge in [-0.2, -0.15) is 15.4 Å². The van der Waals surface area contributed by atoms with Crippen LogP contribution in [0.15, 0.2) is 6.20 Å². The molecule has 0 unspecified atom stereocenters. The first kappa shape index (κ1) is 10.4. The van der Waals surface area contributed by atoms with E-state index < -0.39 is 0 Å². The Morgan fingerprint density at radius 1 is 1.62 bits per heavy atom. The smallest absolute Gasteiger partial charge is 0.273 e. The van der Waals surface area contributed by atoms with Crippen molar-refractivity contribution in [1.82, 2.24) is 20.7 Å². The zero-order valence-electron chi connectivity index (χ0n) is 7.09. The normalized spacial score (nSPS) is 9.92. The number of H-pyrrole nitrogens is 1. The van der Waals surface area contributed by atoms with Gasteiger partial charge in [-0.05, 0) is 17.3 Å². The van der Waals surface area contributed by atoms with Crippen LogP contribution >= 0.6 is 22.6 Å². The van der Waals surface area contributed by atoms with Crippen LogP contribution in [0.4, 0.5) is 0 Å². The van der Waals surface area contributed by atoms with Crippen molar-refractivity contribution in [1.29, 1.82) is 0 Å². The molecule has 2 N–H and O–H groups in total. The molecule has 0 fully saturated rings. The van der Waals surface area contributed by atoms with Crippen molar-refractivity contribution < 1.29 is 4.79 Å². The molecule has 1 aromatic rings. The number of carbonyl (C=O) groups is 1. The number of hydrogen-bond donors (Lipinski definition) is 2. The van der Waals surface area contributed by atoms with Gasteiger partial charge in [0, 0.05) is 6.54 Å². The third-order valence-corrected chi connectivity index (χ3v) is 2.26. The first-order valence-corrected chi connectivity index (χ1v) is 5.57. The number of aromatic amines is 1. The van der Waals surface area contributed by atoms with Crippen LogP contribution in [-0.2, 0) is 0 Å². The minimum atomic E-state index is -0.165. The van der Waals surface area contributed by atoms with Crippen molar-refractivity contribution in [2.75, 3.05) is 11.0 Å². The molecule has 72 valence electrons. The second-order valence-corrected chi connectivity index (χ2v) is 3.59. The summed E-state index contributed by atoms with van der Waals surface area (Å²) in [4.78, 5) is 11.2. The molecule has 0 aliphatic rings. The predicted octanol–water partition coefficient (Wildman–Crippen LogP) is 0.750. The number of amides is 1. The van der Waals surface area contributed by atoms with Crippen molar-refractivity contribution in [3.05, 3.63) is 11.9 Å². The Labute approximate surface area is 89.8 Å². The highest BCUT2D eigenvalue weighted by molar-refractivity contribution is 14.1. The summed E-state index contributed by atoms with van der Waals surface area (Å²) in [6.45, 7) is 0.703. The van der Waals surface area contributed by atoms with Gasteiger partial charge in [0.05, 0.1) is 6.20 Å². The third kappa shape index (κ3) is 3.71. The molecular formula is C7H11IN4O. The van der Waals surface area contributed by atoms with E-state index in [0.717, 1.165) is 17.3 Å². The second-order valence-electron chi connectivity index (χ2n) is 2.51. The van der Waals surface area contributed by atoms with Crippen LogP contribution in [0, 0.1) is 0 Å². The van der Waals surface area contributed by atoms with Gasteiger partial charge in [0.1, 0.15) is 0 Å². The van der Waals surface area contributed by atoms with Crippen LogP contribution in [0.25, 0.3) is 0 Å². The number of nitrogens with one attached hydrogen (secondary N) is 2. The summed E-state index contributed by atoms with van der Waals surface area (Å²) in [5, 5.41) is 12.4. The Balaban J connectivity index is 2.19. The molecule has 1 amide bonds. The van der Waals surface area contributed by atoms with Crippen LogP contribution < -0.4 is 5.32 Å². The number of rotatable bonds is 5. The lowest BCUT2D eigenvalue weighted by molar-refractivity contribution is 0.0948. The maximum atomic E-state index is 11.2. The van der Waals surface area contributed by atoms with Gasteiger partial charge in [0.2, 0.25) is 0 Å². The zero-order valence-corrected chi connectivity index (χ0v) is 9.24. The monoisotopic (exact) mass is 294 g/mol. The molecule has 0 bridgehead atoms. The van der Waals surface area contributed by atoms with E-state index in [0.29, 0.717) is 12.2 Å². The number of aromatic nitrogens is 3. The Morgan fingerprint density at radius 2 is 2.46 bits per heavy atom. The highest BCUT2D eigenvalue weighted by Crippen LogP contribution is 1.93. The van der Waals surface area contributed by atoms with Crippen molar-refractivity contribution in [2.24, 2.45) is 0 Å². The molecule has 0 radical (unpaired) electrons. The fourth-order valence-electron chi connectivity index (χ4n) is 0.823. The van der Waals surface area contributed by atoms with Crippen LogP contribution in [-0.4, -0.2) is 32.3 Å². The van der Waals surface area contributed by atoms with Crippen molar-refractivity contribution in [3.63, 3.8) is 0 Å². The highest BCUT2D eigenvalue weighted by atomic mass is 127. The Kier molecular flexibility index (Phi) is 4.73. The van der Waals surface area contributed by atoms with E-state index in [9.17, 15) is 4.79 Å². The number of halogens is 1. The largest absolute Gasteiger partial charge is 0.351 e. The highest BCUT2D eigenvalue weighted by Gasteiger charge is 2.06. The quantitative estimate of drug-likeness (QED) is 0.478. The van der Waals surface area contributed by atoms with Crippen LogP contribution in [0.2, 0.25) is 0 Å². The van der Waals surface area contributed by atoms with Crippen LogP contribution in [0.1, 0.15) is 23.3 Å². The average molecular weight is 294 g/mol. The molecule has 13 heavy (non-hydrogen) atoms. The van der Waals surface area contributed by atoms with E-state index in [2.05, 4.69) is 43.3 Å². The summed E-state index contributed by atoms with van der Waals surface area (Å²) in [6, 6.07) is 0. The molecule has 1 aromatic heterocycles. The molecule has 6 heteroatoms. The summed E-state index contributed by atoms with van der Waals surface area (Å²) >= 11 is 2.31. The molecular weight excluding hydrogens is 283 g/mol. The summed E-state index contributed by atoms with van der Waals surface area (Å²) in [5.41, 5.74) is 0.342. The maximum Gasteiger partial charge on any atom is 0.273 e. The predicted molar refractivity (Wildman–Crippen MR) is 56.8 cm³/mol. The summed E-state index contributed by atoms with van der Waals surface area (Å²) in [7, 11) is 0. The van der Waals surface area contributed by atoms with E-state index in [-0.39, 0.29) is 5.91 Å². The van der Waals surface area contributed by atoms with Crippen LogP contribution in [0.3, 0.4) is 0 Å². The SMILES string of the molecule is O=C(NCCCCI)c1cn[nH]n1. The van der Waals surface area contributed by atoms with E-state index >= 15 is 0 Å². The molecule has 1 heterocycles. The minimum absolute atomic E-state index is 0.165. The molecule has 5 nitrogen and oxygen atoms in total. The summed E-state index contributed by atoms with van der Waals surface area (Å²) in [6.07, 6.45) is 3.54. The topological polar surface area (TPSA) is 70.7 Å². The van der Waals surface area contributed by atoms with E-state index in [4.69, 9.17) is 0 Å².